The summed E-state index contributed by atoms with van der Waals surface area (Å²) in [5.41, 5.74) is 3.42. The quantitative estimate of drug-likeness (QED) is 0.408. The molecule has 2 N–H and O–H groups in total. The third-order valence-electron chi connectivity index (χ3n) is 8.18. The van der Waals surface area contributed by atoms with Crippen LogP contribution in [0.5, 0.6) is 0 Å². The molecule has 0 unspecified atom stereocenters. The third kappa shape index (κ3) is 6.13. The number of esters is 1. The van der Waals surface area contributed by atoms with Gasteiger partial charge in [-0.1, -0.05) is 69.7 Å². The van der Waals surface area contributed by atoms with Crippen molar-refractivity contribution in [1.82, 2.24) is 0 Å². The van der Waals surface area contributed by atoms with Gasteiger partial charge in [0.05, 0.1) is 24.0 Å². The van der Waals surface area contributed by atoms with Crippen LogP contribution >= 0.6 is 0 Å². The molecule has 0 amide bonds. The second-order valence-corrected chi connectivity index (χ2v) is 11.3. The average Bonchev–Trinajstić information content (AvgIpc) is 3.11. The fourth-order valence-electron chi connectivity index (χ4n) is 5.63. The highest BCUT2D eigenvalue weighted by molar-refractivity contribution is 5.88. The maximum atomic E-state index is 13.2. The molecule has 1 heterocycles. The van der Waals surface area contributed by atoms with Crippen LogP contribution in [-0.4, -0.2) is 40.3 Å². The predicted molar refractivity (Wildman–Crippen MR) is 138 cm³/mol. The van der Waals surface area contributed by atoms with E-state index in [1.54, 1.807) is 20.8 Å². The number of ketones is 1. The number of allylic oxidation sites excluding steroid dienone is 2. The van der Waals surface area contributed by atoms with Gasteiger partial charge in [0, 0.05) is 11.8 Å². The lowest BCUT2D eigenvalue weighted by molar-refractivity contribution is -0.155. The number of ether oxygens (including phenoxy) is 1. The molecule has 1 aromatic rings. The Hall–Kier alpha value is -2.24. The molecule has 5 nitrogen and oxygen atoms in total. The number of hydrogen-bond acceptors (Lipinski definition) is 5. The van der Waals surface area contributed by atoms with E-state index in [1.807, 2.05) is 32.0 Å². The Morgan fingerprint density at radius 1 is 1.00 bits per heavy atom. The van der Waals surface area contributed by atoms with Crippen LogP contribution in [0.1, 0.15) is 79.2 Å². The van der Waals surface area contributed by atoms with Gasteiger partial charge in [-0.15, -0.1) is 0 Å². The molecule has 1 aliphatic carbocycles. The number of hydrogen-bond donors (Lipinski definition) is 2. The second kappa shape index (κ2) is 11.2. The van der Waals surface area contributed by atoms with Crippen LogP contribution < -0.4 is 0 Å². The highest BCUT2D eigenvalue weighted by Gasteiger charge is 2.43. The van der Waals surface area contributed by atoms with Gasteiger partial charge in [-0.2, -0.15) is 0 Å². The molecule has 2 aliphatic rings. The summed E-state index contributed by atoms with van der Waals surface area (Å²) in [6, 6.07) is 10.2. The molecule has 0 spiro atoms. The fraction of sp³-hybridized carbons (Fsp3) is 0.600. The number of benzene rings is 1. The Kier molecular flexibility index (Phi) is 8.76. The molecule has 6 atom stereocenters. The molecule has 35 heavy (non-hydrogen) atoms. The Bertz CT molecular complexity index is 974. The van der Waals surface area contributed by atoms with Crippen molar-refractivity contribution in [1.29, 1.82) is 0 Å². The van der Waals surface area contributed by atoms with E-state index in [-0.39, 0.29) is 24.0 Å². The minimum Gasteiger partial charge on any atom is -0.457 e. The number of rotatable bonds is 1. The van der Waals surface area contributed by atoms with Crippen molar-refractivity contribution in [3.63, 3.8) is 0 Å². The van der Waals surface area contributed by atoms with E-state index in [0.29, 0.717) is 0 Å². The number of aliphatic hydroxyl groups excluding tert-OH is 2. The van der Waals surface area contributed by atoms with Crippen molar-refractivity contribution in [3.8, 4) is 0 Å². The summed E-state index contributed by atoms with van der Waals surface area (Å²) in [5, 5.41) is 21.7. The van der Waals surface area contributed by atoms with Crippen molar-refractivity contribution in [2.75, 3.05) is 0 Å². The maximum Gasteiger partial charge on any atom is 0.309 e. The molecule has 0 bridgehead atoms. The predicted octanol–water partition coefficient (Wildman–Crippen LogP) is 5.50. The minimum absolute atomic E-state index is 0.0249. The SMILES string of the molecule is CC1=C[C@@H]2CC(c3ccccc3)=C(C)[C@H]2OC(=O)C[C@H](O)C(C)(C)C(=O)[C@H](C)[C@@H](O)[C@@H](C)CCC1. The van der Waals surface area contributed by atoms with Gasteiger partial charge in [-0.3, -0.25) is 9.59 Å². The molecule has 0 fully saturated rings. The Morgan fingerprint density at radius 3 is 2.31 bits per heavy atom. The maximum absolute atomic E-state index is 13.2. The molecule has 0 aromatic heterocycles. The molecule has 3 rings (SSSR count). The van der Waals surface area contributed by atoms with Crippen molar-refractivity contribution in [2.45, 2.75) is 92.0 Å². The van der Waals surface area contributed by atoms with Crippen LogP contribution in [0.2, 0.25) is 0 Å². The van der Waals surface area contributed by atoms with Gasteiger partial charge >= 0.3 is 5.97 Å². The van der Waals surface area contributed by atoms with Crippen LogP contribution in [0.3, 0.4) is 0 Å². The standard InChI is InChI=1S/C30H42O5/c1-18-11-10-12-19(2)27(33)21(4)29(34)30(5,6)25(31)17-26(32)35-28-20(3)24(16-23(28)15-18)22-13-8-7-9-14-22/h7-9,13-15,19,21,23,25,27-28,31,33H,10-12,16-17H2,1-6H3/t19-,21+,23+,25-,27-,28+/m0/s1. The molecule has 1 aromatic carbocycles. The van der Waals surface area contributed by atoms with E-state index in [2.05, 4.69) is 25.1 Å². The first-order valence-electron chi connectivity index (χ1n) is 13.0. The molecule has 0 radical (unpaired) electrons. The summed E-state index contributed by atoms with van der Waals surface area (Å²) in [5.74, 6) is -1.39. The monoisotopic (exact) mass is 482 g/mol. The molecule has 0 saturated heterocycles. The fourth-order valence-corrected chi connectivity index (χ4v) is 5.63. The van der Waals surface area contributed by atoms with Gasteiger partial charge < -0.3 is 14.9 Å². The van der Waals surface area contributed by atoms with Crippen molar-refractivity contribution < 1.29 is 24.5 Å². The van der Waals surface area contributed by atoms with Gasteiger partial charge in [-0.25, -0.2) is 0 Å². The normalized spacial score (nSPS) is 33.2. The summed E-state index contributed by atoms with van der Waals surface area (Å²) in [6.45, 7) is 11.1. The van der Waals surface area contributed by atoms with Gasteiger partial charge in [-0.05, 0) is 62.2 Å². The zero-order chi connectivity index (χ0) is 25.9. The average molecular weight is 483 g/mol. The highest BCUT2D eigenvalue weighted by Crippen LogP contribution is 2.41. The number of aliphatic hydroxyl groups is 2. The van der Waals surface area contributed by atoms with Crippen LogP contribution in [0.4, 0.5) is 0 Å². The van der Waals surface area contributed by atoms with E-state index in [1.165, 1.54) is 11.1 Å². The third-order valence-corrected chi connectivity index (χ3v) is 8.18. The van der Waals surface area contributed by atoms with Crippen LogP contribution in [0, 0.1) is 23.2 Å². The lowest BCUT2D eigenvalue weighted by Gasteiger charge is -2.34. The zero-order valence-corrected chi connectivity index (χ0v) is 22.1. The molecule has 192 valence electrons. The second-order valence-electron chi connectivity index (χ2n) is 11.3. The summed E-state index contributed by atoms with van der Waals surface area (Å²) in [6.07, 6.45) is 2.96. The van der Waals surface area contributed by atoms with Gasteiger partial charge in [0.1, 0.15) is 11.9 Å². The molecule has 1 aliphatic heterocycles. The first-order chi connectivity index (χ1) is 16.4. The summed E-state index contributed by atoms with van der Waals surface area (Å²) in [4.78, 5) is 26.2. The van der Waals surface area contributed by atoms with Crippen LogP contribution in [0.25, 0.3) is 5.57 Å². The Balaban J connectivity index is 1.94. The highest BCUT2D eigenvalue weighted by atomic mass is 16.5. The number of fused-ring (bicyclic) bond motifs is 1. The number of carbonyl (C=O) groups is 2. The first kappa shape index (κ1) is 27.3. The van der Waals surface area contributed by atoms with Crippen LogP contribution in [-0.2, 0) is 14.3 Å². The molecule has 0 saturated carbocycles. The van der Waals surface area contributed by atoms with Gasteiger partial charge in [0.2, 0.25) is 0 Å². The van der Waals surface area contributed by atoms with E-state index in [4.69, 9.17) is 4.74 Å². The van der Waals surface area contributed by atoms with E-state index >= 15 is 0 Å². The Morgan fingerprint density at radius 2 is 1.66 bits per heavy atom. The van der Waals surface area contributed by atoms with Crippen molar-refractivity contribution in [3.05, 3.63) is 53.1 Å². The van der Waals surface area contributed by atoms with E-state index in [0.717, 1.165) is 36.8 Å². The summed E-state index contributed by atoms with van der Waals surface area (Å²) in [7, 11) is 0. The lowest BCUT2D eigenvalue weighted by atomic mass is 9.73. The zero-order valence-electron chi connectivity index (χ0n) is 22.1. The van der Waals surface area contributed by atoms with Crippen molar-refractivity contribution in [2.24, 2.45) is 23.2 Å². The van der Waals surface area contributed by atoms with Crippen molar-refractivity contribution >= 4 is 17.3 Å². The molecule has 5 heteroatoms. The largest absolute Gasteiger partial charge is 0.457 e. The molecular weight excluding hydrogens is 440 g/mol. The van der Waals surface area contributed by atoms with Gasteiger partial charge in [0.15, 0.2) is 0 Å². The smallest absolute Gasteiger partial charge is 0.309 e. The summed E-state index contributed by atoms with van der Waals surface area (Å²) >= 11 is 0. The van der Waals surface area contributed by atoms with Gasteiger partial charge in [0.25, 0.3) is 0 Å². The first-order valence-corrected chi connectivity index (χ1v) is 13.0. The summed E-state index contributed by atoms with van der Waals surface area (Å²) < 4.78 is 5.99. The van der Waals surface area contributed by atoms with E-state index in [9.17, 15) is 19.8 Å². The minimum atomic E-state index is -1.20. The van der Waals surface area contributed by atoms with E-state index < -0.39 is 35.6 Å². The Labute approximate surface area is 210 Å². The molecular formula is C30H42O5. The van der Waals surface area contributed by atoms with Crippen LogP contribution in [0.15, 0.2) is 47.6 Å². The number of carbonyl (C=O) groups excluding carboxylic acids is 2. The topological polar surface area (TPSA) is 83.8 Å². The lowest BCUT2D eigenvalue weighted by Crippen LogP contribution is -2.45. The number of Topliss-reactive ketones (excluding diaryl/α,β-unsaturated/α-hetero) is 1.